The lowest BCUT2D eigenvalue weighted by Crippen LogP contribution is -2.27. The van der Waals surface area contributed by atoms with Crippen molar-refractivity contribution in [2.45, 2.75) is 25.7 Å². The van der Waals surface area contributed by atoms with E-state index in [-0.39, 0.29) is 0 Å². The van der Waals surface area contributed by atoms with E-state index in [9.17, 15) is 0 Å². The van der Waals surface area contributed by atoms with Crippen LogP contribution in [0.5, 0.6) is 0 Å². The van der Waals surface area contributed by atoms with E-state index in [0.29, 0.717) is 12.0 Å². The Hall–Kier alpha value is 0.270. The third-order valence-corrected chi connectivity index (χ3v) is 4.51. The van der Waals surface area contributed by atoms with Crippen molar-refractivity contribution in [3.8, 4) is 0 Å². The monoisotopic (exact) mass is 215 g/mol. The Morgan fingerprint density at radius 3 is 2.93 bits per heavy atom. The summed E-state index contributed by atoms with van der Waals surface area (Å²) in [5, 5.41) is 8.90. The first-order chi connectivity index (χ1) is 6.78. The molecule has 82 valence electrons. The van der Waals surface area contributed by atoms with Gasteiger partial charge in [-0.25, -0.2) is 0 Å². The highest BCUT2D eigenvalue weighted by Gasteiger charge is 2.43. The first-order valence-electron chi connectivity index (χ1n) is 5.72. The van der Waals surface area contributed by atoms with Gasteiger partial charge in [0.2, 0.25) is 0 Å². The van der Waals surface area contributed by atoms with Crippen LogP contribution < -0.4 is 0 Å². The Morgan fingerprint density at radius 1 is 1.43 bits per heavy atom. The quantitative estimate of drug-likeness (QED) is 0.695. The van der Waals surface area contributed by atoms with Crippen molar-refractivity contribution in [2.75, 3.05) is 32.0 Å². The molecule has 2 atom stereocenters. The van der Waals surface area contributed by atoms with E-state index < -0.39 is 0 Å². The van der Waals surface area contributed by atoms with Crippen LogP contribution in [-0.4, -0.2) is 42.0 Å². The van der Waals surface area contributed by atoms with Gasteiger partial charge in [-0.15, -0.1) is 0 Å². The Balaban J connectivity index is 1.87. The summed E-state index contributed by atoms with van der Waals surface area (Å²) in [6.07, 6.45) is 5.48. The maximum atomic E-state index is 8.90. The number of rotatable bonds is 3. The Morgan fingerprint density at radius 2 is 2.29 bits per heavy atom. The molecule has 1 saturated carbocycles. The average molecular weight is 215 g/mol. The van der Waals surface area contributed by atoms with Crippen LogP contribution in [0.15, 0.2) is 0 Å². The average Bonchev–Trinajstić information content (AvgIpc) is 2.76. The predicted octanol–water partition coefficient (Wildman–Crippen LogP) is 1.40. The van der Waals surface area contributed by atoms with Crippen LogP contribution in [0.2, 0.25) is 0 Å². The van der Waals surface area contributed by atoms with E-state index in [2.05, 4.69) is 17.5 Å². The van der Waals surface area contributed by atoms with E-state index >= 15 is 0 Å². The fourth-order valence-electron chi connectivity index (χ4n) is 3.21. The number of aliphatic hydroxyl groups excluding tert-OH is 1. The predicted molar refractivity (Wildman–Crippen MR) is 61.8 cm³/mol. The number of aliphatic hydroxyl groups is 1. The lowest BCUT2D eigenvalue weighted by Gasteiger charge is -2.23. The summed E-state index contributed by atoms with van der Waals surface area (Å²) in [7, 11) is 0. The van der Waals surface area contributed by atoms with Crippen LogP contribution in [0.4, 0.5) is 0 Å². The number of hydrogen-bond acceptors (Lipinski definition) is 3. The molecule has 1 saturated heterocycles. The molecular weight excluding hydrogens is 194 g/mol. The summed E-state index contributed by atoms with van der Waals surface area (Å²) in [4.78, 5) is 2.42. The van der Waals surface area contributed by atoms with Crippen LogP contribution in [0.25, 0.3) is 0 Å². The molecule has 0 unspecified atom stereocenters. The highest BCUT2D eigenvalue weighted by Crippen LogP contribution is 2.48. The van der Waals surface area contributed by atoms with Crippen molar-refractivity contribution in [2.24, 2.45) is 11.3 Å². The smallest absolute Gasteiger partial charge is 0.0558 e. The highest BCUT2D eigenvalue weighted by molar-refractivity contribution is 7.80. The summed E-state index contributed by atoms with van der Waals surface area (Å²) in [6.45, 7) is 3.59. The van der Waals surface area contributed by atoms with Gasteiger partial charge in [0, 0.05) is 13.1 Å². The van der Waals surface area contributed by atoms with Crippen LogP contribution in [0, 0.1) is 11.3 Å². The van der Waals surface area contributed by atoms with Crippen LogP contribution in [0.1, 0.15) is 25.7 Å². The molecule has 2 aliphatic rings. The number of β-amino-alcohol motifs (C(OH)–C–C–N with tert-alkyl or cyclic N) is 1. The molecule has 14 heavy (non-hydrogen) atoms. The van der Waals surface area contributed by atoms with Crippen molar-refractivity contribution in [1.82, 2.24) is 4.90 Å². The van der Waals surface area contributed by atoms with E-state index in [1.165, 1.54) is 38.8 Å². The molecule has 1 spiro atoms. The summed E-state index contributed by atoms with van der Waals surface area (Å²) in [6, 6.07) is 0. The zero-order valence-corrected chi connectivity index (χ0v) is 9.68. The summed E-state index contributed by atoms with van der Waals surface area (Å²) in [5.74, 6) is 1.91. The molecule has 0 radical (unpaired) electrons. The minimum Gasteiger partial charge on any atom is -0.395 e. The van der Waals surface area contributed by atoms with Gasteiger partial charge in [-0.05, 0) is 49.3 Å². The topological polar surface area (TPSA) is 23.5 Å². The largest absolute Gasteiger partial charge is 0.395 e. The molecule has 3 heteroatoms. The number of hydrogen-bond donors (Lipinski definition) is 2. The third-order valence-electron chi connectivity index (χ3n) is 4.00. The molecule has 2 fully saturated rings. The van der Waals surface area contributed by atoms with E-state index in [4.69, 9.17) is 5.11 Å². The molecule has 0 aromatic carbocycles. The van der Waals surface area contributed by atoms with Crippen molar-refractivity contribution < 1.29 is 5.11 Å². The van der Waals surface area contributed by atoms with Crippen molar-refractivity contribution in [3.05, 3.63) is 0 Å². The Labute approximate surface area is 92.1 Å². The zero-order chi connectivity index (χ0) is 10.0. The van der Waals surface area contributed by atoms with Crippen LogP contribution in [-0.2, 0) is 0 Å². The van der Waals surface area contributed by atoms with Gasteiger partial charge < -0.3 is 10.0 Å². The molecule has 0 aromatic heterocycles. The lowest BCUT2D eigenvalue weighted by atomic mass is 9.85. The second kappa shape index (κ2) is 4.42. The normalized spacial score (nSPS) is 38.6. The minimum absolute atomic E-state index is 0.312. The standard InChI is InChI=1S/C11H21NOS/c13-6-5-12-4-3-11(9-12)2-1-10(7-11)8-14/h10,13-14H,1-9H2/t10-,11+/m1/s1. The molecule has 1 aliphatic heterocycles. The van der Waals surface area contributed by atoms with E-state index in [0.717, 1.165) is 18.2 Å². The molecule has 0 amide bonds. The Bertz CT molecular complexity index is 200. The van der Waals surface area contributed by atoms with Gasteiger partial charge in [-0.3, -0.25) is 0 Å². The maximum absolute atomic E-state index is 8.90. The fourth-order valence-corrected chi connectivity index (χ4v) is 3.53. The van der Waals surface area contributed by atoms with Gasteiger partial charge >= 0.3 is 0 Å². The van der Waals surface area contributed by atoms with E-state index in [1.54, 1.807) is 0 Å². The number of nitrogens with zero attached hydrogens (tertiary/aromatic N) is 1. The van der Waals surface area contributed by atoms with Crippen molar-refractivity contribution >= 4 is 12.6 Å². The Kier molecular flexibility index (Phi) is 3.40. The summed E-state index contributed by atoms with van der Waals surface area (Å²) < 4.78 is 0. The first-order valence-corrected chi connectivity index (χ1v) is 6.35. The number of likely N-dealkylation sites (tertiary alicyclic amines) is 1. The molecule has 2 rings (SSSR count). The van der Waals surface area contributed by atoms with Gasteiger partial charge in [0.05, 0.1) is 6.61 Å². The molecule has 1 heterocycles. The second-order valence-electron chi connectivity index (χ2n) is 5.04. The summed E-state index contributed by atoms with van der Waals surface area (Å²) in [5.41, 5.74) is 0.600. The molecule has 1 aliphatic carbocycles. The van der Waals surface area contributed by atoms with Crippen molar-refractivity contribution in [1.29, 1.82) is 0 Å². The SMILES string of the molecule is OCCN1CC[C@]2(CC[C@@H](CS)C2)C1. The molecule has 2 nitrogen and oxygen atoms in total. The van der Waals surface area contributed by atoms with Gasteiger partial charge in [-0.2, -0.15) is 12.6 Å². The molecular formula is C11H21NOS. The van der Waals surface area contributed by atoms with Gasteiger partial charge in [0.15, 0.2) is 0 Å². The van der Waals surface area contributed by atoms with Crippen LogP contribution >= 0.6 is 12.6 Å². The molecule has 1 N–H and O–H groups in total. The van der Waals surface area contributed by atoms with Gasteiger partial charge in [-0.1, -0.05) is 0 Å². The highest BCUT2D eigenvalue weighted by atomic mass is 32.1. The summed E-state index contributed by atoms with van der Waals surface area (Å²) >= 11 is 4.40. The third kappa shape index (κ3) is 2.10. The van der Waals surface area contributed by atoms with E-state index in [1.807, 2.05) is 0 Å². The second-order valence-corrected chi connectivity index (χ2v) is 5.41. The lowest BCUT2D eigenvalue weighted by molar-refractivity contribution is 0.199. The minimum atomic E-state index is 0.312. The van der Waals surface area contributed by atoms with Gasteiger partial charge in [0.1, 0.15) is 0 Å². The molecule has 0 aromatic rings. The van der Waals surface area contributed by atoms with Crippen LogP contribution in [0.3, 0.4) is 0 Å². The first kappa shape index (κ1) is 10.8. The zero-order valence-electron chi connectivity index (χ0n) is 8.78. The van der Waals surface area contributed by atoms with Crippen molar-refractivity contribution in [3.63, 3.8) is 0 Å². The molecule has 0 bridgehead atoms. The maximum Gasteiger partial charge on any atom is 0.0558 e. The number of thiol groups is 1. The fraction of sp³-hybridized carbons (Fsp3) is 1.00. The van der Waals surface area contributed by atoms with Gasteiger partial charge in [0.25, 0.3) is 0 Å².